The molecule has 5 nitrogen and oxygen atoms in total. The van der Waals surface area contributed by atoms with Gasteiger partial charge in [-0.25, -0.2) is 0 Å². The van der Waals surface area contributed by atoms with E-state index < -0.39 is 0 Å². The fraction of sp³-hybridized carbons (Fsp3) is 0.952. The molecule has 0 aromatic heterocycles. The predicted molar refractivity (Wildman–Crippen MR) is 108 cm³/mol. The third-order valence-corrected chi connectivity index (χ3v) is 6.53. The average molecular weight is 368 g/mol. The Morgan fingerprint density at radius 3 is 2.27 bits per heavy atom. The Kier molecular flexibility index (Phi) is 9.01. The van der Waals surface area contributed by atoms with Gasteiger partial charge >= 0.3 is 0 Å². The summed E-state index contributed by atoms with van der Waals surface area (Å²) in [6, 6.07) is 2.05. The third-order valence-electron chi connectivity index (χ3n) is 6.53. The molecule has 1 saturated carbocycles. The molecule has 3 fully saturated rings. The minimum atomic E-state index is 0.326. The third kappa shape index (κ3) is 6.29. The number of nitrogens with zero attached hydrogens (tertiary/aromatic N) is 3. The van der Waals surface area contributed by atoms with Crippen LogP contribution in [0, 0.1) is 11.8 Å². The lowest BCUT2D eigenvalue weighted by Gasteiger charge is -2.44. The van der Waals surface area contributed by atoms with E-state index in [2.05, 4.69) is 42.5 Å². The van der Waals surface area contributed by atoms with Gasteiger partial charge in [-0.1, -0.05) is 6.92 Å². The van der Waals surface area contributed by atoms with Crippen LogP contribution >= 0.6 is 0 Å². The largest absolute Gasteiger partial charge is 0.383 e. The molecule has 2 aliphatic heterocycles. The van der Waals surface area contributed by atoms with Crippen LogP contribution in [0.3, 0.4) is 0 Å². The SMILES string of the molecule is CC(C)N1CC(C=O)C1.COCC1CN(C2CCC(C)CC2)CCN1C. The molecule has 0 amide bonds. The van der Waals surface area contributed by atoms with Gasteiger partial charge < -0.3 is 9.53 Å². The smallest absolute Gasteiger partial charge is 0.125 e. The molecule has 0 bridgehead atoms. The van der Waals surface area contributed by atoms with Crippen molar-refractivity contribution in [2.75, 3.05) is 53.5 Å². The number of carbonyl (C=O) groups excluding carboxylic acids is 1. The maximum atomic E-state index is 10.1. The Morgan fingerprint density at radius 2 is 1.73 bits per heavy atom. The highest BCUT2D eigenvalue weighted by Gasteiger charge is 2.30. The lowest BCUT2D eigenvalue weighted by Crippen LogP contribution is -2.56. The molecule has 0 aromatic rings. The second-order valence-electron chi connectivity index (χ2n) is 8.94. The monoisotopic (exact) mass is 367 g/mol. The van der Waals surface area contributed by atoms with Crippen LogP contribution in [0.15, 0.2) is 0 Å². The Balaban J connectivity index is 0.000000228. The van der Waals surface area contributed by atoms with Gasteiger partial charge in [-0.2, -0.15) is 0 Å². The van der Waals surface area contributed by atoms with Crippen LogP contribution in [0.2, 0.25) is 0 Å². The van der Waals surface area contributed by atoms with E-state index in [-0.39, 0.29) is 0 Å². The van der Waals surface area contributed by atoms with Crippen molar-refractivity contribution in [3.8, 4) is 0 Å². The van der Waals surface area contributed by atoms with E-state index in [0.29, 0.717) is 18.0 Å². The molecule has 0 spiro atoms. The van der Waals surface area contributed by atoms with Crippen LogP contribution in [0.1, 0.15) is 46.5 Å². The van der Waals surface area contributed by atoms with E-state index in [9.17, 15) is 4.79 Å². The molecule has 3 aliphatic rings. The standard InChI is InChI=1S/C14H28N2O.C7H13NO/c1-12-4-6-13(7-5-12)16-9-8-15(2)14(10-16)11-17-3;1-6(2)8-3-7(4-8)5-9/h12-14H,4-11H2,1-3H3;5-7H,3-4H2,1-2H3. The number of likely N-dealkylation sites (tertiary alicyclic amines) is 1. The van der Waals surface area contributed by atoms with Crippen molar-refractivity contribution >= 4 is 6.29 Å². The summed E-state index contributed by atoms with van der Waals surface area (Å²) >= 11 is 0. The number of hydrogen-bond acceptors (Lipinski definition) is 5. The fourth-order valence-electron chi connectivity index (χ4n) is 4.34. The fourth-order valence-corrected chi connectivity index (χ4v) is 4.34. The topological polar surface area (TPSA) is 36.0 Å². The molecule has 152 valence electrons. The number of methoxy groups -OCH3 is 1. The highest BCUT2D eigenvalue weighted by molar-refractivity contribution is 5.55. The van der Waals surface area contributed by atoms with E-state index in [4.69, 9.17) is 4.74 Å². The zero-order chi connectivity index (χ0) is 19.1. The van der Waals surface area contributed by atoms with E-state index >= 15 is 0 Å². The predicted octanol–water partition coefficient (Wildman–Crippen LogP) is 2.35. The lowest BCUT2D eigenvalue weighted by atomic mass is 9.86. The van der Waals surface area contributed by atoms with E-state index in [0.717, 1.165) is 37.9 Å². The lowest BCUT2D eigenvalue weighted by molar-refractivity contribution is -0.116. The molecular formula is C21H41N3O2. The van der Waals surface area contributed by atoms with Crippen LogP contribution in [-0.2, 0) is 9.53 Å². The van der Waals surface area contributed by atoms with Gasteiger partial charge in [-0.05, 0) is 52.5 Å². The van der Waals surface area contributed by atoms with Gasteiger partial charge in [-0.3, -0.25) is 14.7 Å². The molecule has 26 heavy (non-hydrogen) atoms. The first-order chi connectivity index (χ1) is 12.4. The van der Waals surface area contributed by atoms with Crippen molar-refractivity contribution in [1.29, 1.82) is 0 Å². The van der Waals surface area contributed by atoms with Crippen LogP contribution in [0.25, 0.3) is 0 Å². The second kappa shape index (κ2) is 10.7. The number of piperazine rings is 1. The Hall–Kier alpha value is -0.490. The summed E-state index contributed by atoms with van der Waals surface area (Å²) in [6.45, 7) is 13.2. The van der Waals surface area contributed by atoms with Crippen molar-refractivity contribution in [3.05, 3.63) is 0 Å². The summed E-state index contributed by atoms with van der Waals surface area (Å²) in [7, 11) is 4.04. The summed E-state index contributed by atoms with van der Waals surface area (Å²) in [5, 5.41) is 0. The molecule has 0 radical (unpaired) electrons. The first-order valence-corrected chi connectivity index (χ1v) is 10.6. The van der Waals surface area contributed by atoms with Gasteiger partial charge in [-0.15, -0.1) is 0 Å². The van der Waals surface area contributed by atoms with Crippen LogP contribution in [0.4, 0.5) is 0 Å². The highest BCUT2D eigenvalue weighted by atomic mass is 16.5. The summed E-state index contributed by atoms with van der Waals surface area (Å²) in [5.41, 5.74) is 0. The zero-order valence-electron chi connectivity index (χ0n) is 17.7. The molecule has 0 aromatic carbocycles. The first-order valence-electron chi connectivity index (χ1n) is 10.6. The molecular weight excluding hydrogens is 326 g/mol. The normalized spacial score (nSPS) is 32.0. The maximum absolute atomic E-state index is 10.1. The molecule has 5 heteroatoms. The number of likely N-dealkylation sites (N-methyl/N-ethyl adjacent to an activating group) is 1. The van der Waals surface area contributed by atoms with Crippen molar-refractivity contribution in [2.24, 2.45) is 11.8 Å². The number of carbonyl (C=O) groups is 1. The van der Waals surface area contributed by atoms with Crippen LogP contribution < -0.4 is 0 Å². The summed E-state index contributed by atoms with van der Waals surface area (Å²) in [5.74, 6) is 1.28. The Morgan fingerprint density at radius 1 is 1.08 bits per heavy atom. The van der Waals surface area contributed by atoms with Gasteiger partial charge in [0.2, 0.25) is 0 Å². The van der Waals surface area contributed by atoms with Crippen LogP contribution in [0.5, 0.6) is 0 Å². The Bertz CT molecular complexity index is 404. The van der Waals surface area contributed by atoms with Gasteiger partial charge in [0.25, 0.3) is 0 Å². The van der Waals surface area contributed by atoms with Gasteiger partial charge in [0, 0.05) is 63.9 Å². The molecule has 2 heterocycles. The van der Waals surface area contributed by atoms with Crippen LogP contribution in [-0.4, -0.2) is 92.6 Å². The summed E-state index contributed by atoms with van der Waals surface area (Å²) in [6.07, 6.45) is 6.71. The minimum absolute atomic E-state index is 0.326. The van der Waals surface area contributed by atoms with Crippen molar-refractivity contribution in [1.82, 2.24) is 14.7 Å². The summed E-state index contributed by atoms with van der Waals surface area (Å²) in [4.78, 5) is 17.6. The number of rotatable bonds is 5. The quantitative estimate of drug-likeness (QED) is 0.697. The first kappa shape index (κ1) is 21.8. The molecule has 1 aliphatic carbocycles. The molecule has 0 N–H and O–H groups in total. The average Bonchev–Trinajstić information content (AvgIpc) is 2.57. The highest BCUT2D eigenvalue weighted by Crippen LogP contribution is 2.28. The van der Waals surface area contributed by atoms with Crippen molar-refractivity contribution < 1.29 is 9.53 Å². The molecule has 1 unspecified atom stereocenters. The molecule has 2 saturated heterocycles. The number of hydrogen-bond donors (Lipinski definition) is 0. The van der Waals surface area contributed by atoms with Crippen molar-refractivity contribution in [3.63, 3.8) is 0 Å². The minimum Gasteiger partial charge on any atom is -0.383 e. The summed E-state index contributed by atoms with van der Waals surface area (Å²) < 4.78 is 5.34. The maximum Gasteiger partial charge on any atom is 0.125 e. The van der Waals surface area contributed by atoms with Crippen molar-refractivity contribution in [2.45, 2.75) is 64.6 Å². The van der Waals surface area contributed by atoms with Gasteiger partial charge in [0.1, 0.15) is 6.29 Å². The Labute approximate surface area is 161 Å². The van der Waals surface area contributed by atoms with E-state index in [1.165, 1.54) is 45.3 Å². The second-order valence-corrected chi connectivity index (χ2v) is 8.94. The van der Waals surface area contributed by atoms with E-state index in [1.54, 1.807) is 0 Å². The molecule has 3 rings (SSSR count). The number of ether oxygens (including phenoxy) is 1. The number of aldehydes is 1. The molecule has 1 atom stereocenters. The zero-order valence-corrected chi connectivity index (χ0v) is 17.7. The van der Waals surface area contributed by atoms with Gasteiger partial charge in [0.15, 0.2) is 0 Å². The van der Waals surface area contributed by atoms with Gasteiger partial charge in [0.05, 0.1) is 6.61 Å². The van der Waals surface area contributed by atoms with E-state index in [1.807, 2.05) is 7.11 Å².